The highest BCUT2D eigenvalue weighted by Crippen LogP contribution is 2.29. The molecule has 1 atom stereocenters. The molecule has 0 saturated heterocycles. The molecular formula is C18H26N2S. The van der Waals surface area contributed by atoms with Crippen LogP contribution < -0.4 is 5.32 Å². The van der Waals surface area contributed by atoms with Crippen molar-refractivity contribution in [1.29, 1.82) is 0 Å². The third-order valence-electron chi connectivity index (χ3n) is 4.73. The molecule has 114 valence electrons. The molecule has 3 heteroatoms. The summed E-state index contributed by atoms with van der Waals surface area (Å²) >= 11 is 1.91. The maximum absolute atomic E-state index is 3.68. The lowest BCUT2D eigenvalue weighted by Crippen LogP contribution is -2.36. The molecule has 1 aromatic heterocycles. The Morgan fingerprint density at radius 3 is 2.81 bits per heavy atom. The Morgan fingerprint density at radius 2 is 2.05 bits per heavy atom. The molecule has 0 aliphatic heterocycles. The molecule has 1 N–H and O–H groups in total. The van der Waals surface area contributed by atoms with E-state index in [0.717, 1.165) is 19.1 Å². The summed E-state index contributed by atoms with van der Waals surface area (Å²) in [7, 11) is 2.28. The number of hydrogen-bond acceptors (Lipinski definition) is 3. The molecule has 3 rings (SSSR count). The standard InChI is InChI=1S/C18H26N2S/c1-14(18-13-15-7-3-6-10-17(15)21-18)19-11-12-20(2)16-8-4-5-9-16/h3,6-7,10,13-14,16,19H,4-5,8-9,11-12H2,1-2H3. The number of nitrogens with one attached hydrogen (secondary N) is 1. The van der Waals surface area contributed by atoms with E-state index in [-0.39, 0.29) is 0 Å². The molecule has 1 saturated carbocycles. The molecule has 1 fully saturated rings. The van der Waals surface area contributed by atoms with Gasteiger partial charge in [-0.2, -0.15) is 0 Å². The second kappa shape index (κ2) is 6.91. The third-order valence-corrected chi connectivity index (χ3v) is 6.03. The summed E-state index contributed by atoms with van der Waals surface area (Å²) < 4.78 is 1.39. The third kappa shape index (κ3) is 3.65. The average Bonchev–Trinajstić information content (AvgIpc) is 3.16. The van der Waals surface area contributed by atoms with Crippen LogP contribution in [-0.2, 0) is 0 Å². The first-order valence-electron chi connectivity index (χ1n) is 8.16. The maximum atomic E-state index is 3.68. The van der Waals surface area contributed by atoms with Gasteiger partial charge in [0.25, 0.3) is 0 Å². The Balaban J connectivity index is 1.50. The summed E-state index contributed by atoms with van der Waals surface area (Å²) in [6.07, 6.45) is 5.62. The molecule has 2 nitrogen and oxygen atoms in total. The summed E-state index contributed by atoms with van der Waals surface area (Å²) in [5.74, 6) is 0. The van der Waals surface area contributed by atoms with E-state index < -0.39 is 0 Å². The molecule has 0 radical (unpaired) electrons. The van der Waals surface area contributed by atoms with Crippen LogP contribution in [0.5, 0.6) is 0 Å². The van der Waals surface area contributed by atoms with Gasteiger partial charge in [-0.3, -0.25) is 0 Å². The lowest BCUT2D eigenvalue weighted by atomic mass is 10.2. The molecule has 0 amide bonds. The van der Waals surface area contributed by atoms with Gasteiger partial charge in [0.05, 0.1) is 0 Å². The van der Waals surface area contributed by atoms with Gasteiger partial charge in [-0.25, -0.2) is 0 Å². The molecular weight excluding hydrogens is 276 g/mol. The van der Waals surface area contributed by atoms with Crippen molar-refractivity contribution in [3.63, 3.8) is 0 Å². The van der Waals surface area contributed by atoms with Crippen LogP contribution >= 0.6 is 11.3 Å². The Bertz CT molecular complexity index is 538. The van der Waals surface area contributed by atoms with E-state index in [2.05, 4.69) is 54.5 Å². The predicted molar refractivity (Wildman–Crippen MR) is 93.1 cm³/mol. The van der Waals surface area contributed by atoms with Crippen molar-refractivity contribution in [3.05, 3.63) is 35.2 Å². The van der Waals surface area contributed by atoms with Gasteiger partial charge < -0.3 is 10.2 Å². The highest BCUT2D eigenvalue weighted by Gasteiger charge is 2.19. The number of nitrogens with zero attached hydrogens (tertiary/aromatic N) is 1. The quantitative estimate of drug-likeness (QED) is 0.849. The second-order valence-electron chi connectivity index (χ2n) is 6.28. The van der Waals surface area contributed by atoms with E-state index >= 15 is 0 Å². The molecule has 0 spiro atoms. The van der Waals surface area contributed by atoms with Gasteiger partial charge in [0.2, 0.25) is 0 Å². The molecule has 1 aromatic carbocycles. The largest absolute Gasteiger partial charge is 0.308 e. The van der Waals surface area contributed by atoms with Crippen molar-refractivity contribution in [1.82, 2.24) is 10.2 Å². The molecule has 1 aliphatic rings. The van der Waals surface area contributed by atoms with Gasteiger partial charge in [-0.05, 0) is 44.3 Å². The van der Waals surface area contributed by atoms with Crippen molar-refractivity contribution in [3.8, 4) is 0 Å². The van der Waals surface area contributed by atoms with Crippen LogP contribution in [-0.4, -0.2) is 31.1 Å². The van der Waals surface area contributed by atoms with E-state index in [1.807, 2.05) is 11.3 Å². The van der Waals surface area contributed by atoms with Gasteiger partial charge in [-0.1, -0.05) is 31.0 Å². The fraction of sp³-hybridized carbons (Fsp3) is 0.556. The Hall–Kier alpha value is -0.900. The van der Waals surface area contributed by atoms with Crippen LogP contribution in [0.4, 0.5) is 0 Å². The summed E-state index contributed by atoms with van der Waals surface area (Å²) in [4.78, 5) is 3.98. The highest BCUT2D eigenvalue weighted by molar-refractivity contribution is 7.19. The molecule has 1 aliphatic carbocycles. The molecule has 2 aromatic rings. The Morgan fingerprint density at radius 1 is 1.29 bits per heavy atom. The maximum Gasteiger partial charge on any atom is 0.0386 e. The minimum atomic E-state index is 0.444. The zero-order valence-corrected chi connectivity index (χ0v) is 14.0. The molecule has 0 bridgehead atoms. The Kier molecular flexibility index (Phi) is 4.94. The minimum absolute atomic E-state index is 0.444. The van der Waals surface area contributed by atoms with E-state index in [1.165, 1.54) is 40.6 Å². The van der Waals surface area contributed by atoms with Crippen LogP contribution in [0.15, 0.2) is 30.3 Å². The van der Waals surface area contributed by atoms with Crippen molar-refractivity contribution in [2.45, 2.75) is 44.7 Å². The summed E-state index contributed by atoms with van der Waals surface area (Å²) in [6, 6.07) is 12.3. The van der Waals surface area contributed by atoms with Gasteiger partial charge in [0.15, 0.2) is 0 Å². The average molecular weight is 302 g/mol. The lowest BCUT2D eigenvalue weighted by molar-refractivity contribution is 0.243. The number of fused-ring (bicyclic) bond motifs is 1. The van der Waals surface area contributed by atoms with Crippen LogP contribution in [0.1, 0.15) is 43.5 Å². The smallest absolute Gasteiger partial charge is 0.0386 e. The molecule has 21 heavy (non-hydrogen) atoms. The number of rotatable bonds is 6. The zero-order chi connectivity index (χ0) is 14.7. The van der Waals surface area contributed by atoms with E-state index in [4.69, 9.17) is 0 Å². The summed E-state index contributed by atoms with van der Waals surface area (Å²) in [5, 5.41) is 5.05. The van der Waals surface area contributed by atoms with Gasteiger partial charge in [0.1, 0.15) is 0 Å². The van der Waals surface area contributed by atoms with Crippen molar-refractivity contribution >= 4 is 21.4 Å². The van der Waals surface area contributed by atoms with Crippen molar-refractivity contribution in [2.75, 3.05) is 20.1 Å². The van der Waals surface area contributed by atoms with E-state index in [0.29, 0.717) is 6.04 Å². The number of benzene rings is 1. The first-order valence-corrected chi connectivity index (χ1v) is 8.98. The fourth-order valence-corrected chi connectivity index (χ4v) is 4.39. The van der Waals surface area contributed by atoms with Crippen molar-refractivity contribution < 1.29 is 0 Å². The fourth-order valence-electron chi connectivity index (χ4n) is 3.30. The van der Waals surface area contributed by atoms with Gasteiger partial charge >= 0.3 is 0 Å². The van der Waals surface area contributed by atoms with E-state index in [9.17, 15) is 0 Å². The molecule has 1 heterocycles. The Labute approximate surface area is 132 Å². The van der Waals surface area contributed by atoms with Crippen LogP contribution in [0.2, 0.25) is 0 Å². The monoisotopic (exact) mass is 302 g/mol. The van der Waals surface area contributed by atoms with E-state index in [1.54, 1.807) is 0 Å². The molecule has 1 unspecified atom stereocenters. The second-order valence-corrected chi connectivity index (χ2v) is 7.40. The van der Waals surface area contributed by atoms with Gasteiger partial charge in [-0.15, -0.1) is 11.3 Å². The number of thiophene rings is 1. The zero-order valence-electron chi connectivity index (χ0n) is 13.1. The topological polar surface area (TPSA) is 15.3 Å². The van der Waals surface area contributed by atoms with Gasteiger partial charge in [0, 0.05) is 34.8 Å². The summed E-state index contributed by atoms with van der Waals surface area (Å²) in [5.41, 5.74) is 0. The SMILES string of the molecule is CC(NCCN(C)C1CCCC1)c1cc2ccccc2s1. The summed E-state index contributed by atoms with van der Waals surface area (Å²) in [6.45, 7) is 4.50. The lowest BCUT2D eigenvalue weighted by Gasteiger charge is -2.24. The predicted octanol–water partition coefficient (Wildman–Crippen LogP) is 4.43. The first-order chi connectivity index (χ1) is 10.2. The van der Waals surface area contributed by atoms with Crippen LogP contribution in [0.3, 0.4) is 0 Å². The minimum Gasteiger partial charge on any atom is -0.308 e. The normalized spacial score (nSPS) is 17.9. The number of hydrogen-bond donors (Lipinski definition) is 1. The van der Waals surface area contributed by atoms with Crippen LogP contribution in [0.25, 0.3) is 10.1 Å². The van der Waals surface area contributed by atoms with Crippen LogP contribution in [0, 0.1) is 0 Å². The van der Waals surface area contributed by atoms with Crippen molar-refractivity contribution in [2.24, 2.45) is 0 Å². The number of likely N-dealkylation sites (N-methyl/N-ethyl adjacent to an activating group) is 1. The highest BCUT2D eigenvalue weighted by atomic mass is 32.1. The first kappa shape index (κ1) is 15.0.